The van der Waals surface area contributed by atoms with Crippen molar-refractivity contribution in [2.75, 3.05) is 13.2 Å². The lowest BCUT2D eigenvalue weighted by Crippen LogP contribution is -2.26. The predicted molar refractivity (Wildman–Crippen MR) is 80.2 cm³/mol. The van der Waals surface area contributed by atoms with Crippen molar-refractivity contribution in [3.63, 3.8) is 0 Å². The van der Waals surface area contributed by atoms with Crippen LogP contribution in [0.3, 0.4) is 0 Å². The molecule has 2 nitrogen and oxygen atoms in total. The van der Waals surface area contributed by atoms with Crippen LogP contribution in [0, 0.1) is 5.92 Å². The molecule has 0 amide bonds. The molecule has 2 atom stereocenters. The molecule has 1 heterocycles. The topological polar surface area (TPSA) is 21.3 Å². The molecular weight excluding hydrogens is 234 g/mol. The van der Waals surface area contributed by atoms with Crippen LogP contribution >= 0.6 is 0 Å². The fourth-order valence-corrected chi connectivity index (χ4v) is 2.78. The van der Waals surface area contributed by atoms with Gasteiger partial charge in [-0.2, -0.15) is 0 Å². The van der Waals surface area contributed by atoms with E-state index >= 15 is 0 Å². The van der Waals surface area contributed by atoms with E-state index in [1.54, 1.807) is 0 Å². The molecule has 0 aliphatic carbocycles. The summed E-state index contributed by atoms with van der Waals surface area (Å²) in [5.41, 5.74) is 1.41. The second-order valence-electron chi connectivity index (χ2n) is 5.97. The monoisotopic (exact) mass is 261 g/mol. The van der Waals surface area contributed by atoms with Gasteiger partial charge in [0.1, 0.15) is 0 Å². The number of hydrogen-bond acceptors (Lipinski definition) is 2. The highest BCUT2D eigenvalue weighted by Crippen LogP contribution is 2.21. The molecular formula is C17H27NO. The van der Waals surface area contributed by atoms with Crippen molar-refractivity contribution in [2.45, 2.75) is 51.7 Å². The maximum Gasteiger partial charge on any atom is 0.0588 e. The molecule has 0 saturated carbocycles. The van der Waals surface area contributed by atoms with Gasteiger partial charge in [0.05, 0.1) is 6.10 Å². The van der Waals surface area contributed by atoms with Crippen LogP contribution in [0.15, 0.2) is 30.3 Å². The molecule has 2 rings (SSSR count). The largest absolute Gasteiger partial charge is 0.378 e. The molecule has 1 aromatic rings. The Hall–Kier alpha value is -0.860. The van der Waals surface area contributed by atoms with E-state index in [0.29, 0.717) is 18.1 Å². The quantitative estimate of drug-likeness (QED) is 0.803. The lowest BCUT2D eigenvalue weighted by Gasteiger charge is -2.22. The minimum atomic E-state index is 0.475. The second-order valence-corrected chi connectivity index (χ2v) is 5.97. The predicted octanol–water partition coefficient (Wildman–Crippen LogP) is 3.93. The van der Waals surface area contributed by atoms with E-state index in [1.165, 1.54) is 24.8 Å². The Morgan fingerprint density at radius 3 is 2.68 bits per heavy atom. The number of nitrogens with one attached hydrogen (secondary N) is 1. The fourth-order valence-electron chi connectivity index (χ4n) is 2.78. The summed E-state index contributed by atoms with van der Waals surface area (Å²) in [6, 6.07) is 11.3. The van der Waals surface area contributed by atoms with Crippen LogP contribution in [-0.4, -0.2) is 19.3 Å². The van der Waals surface area contributed by atoms with Crippen LogP contribution in [0.4, 0.5) is 0 Å². The molecule has 1 fully saturated rings. The van der Waals surface area contributed by atoms with Gasteiger partial charge in [-0.1, -0.05) is 44.2 Å². The molecule has 0 radical (unpaired) electrons. The Labute approximate surface area is 117 Å². The Balaban J connectivity index is 1.83. The molecule has 2 heteroatoms. The van der Waals surface area contributed by atoms with Gasteiger partial charge in [-0.25, -0.2) is 0 Å². The van der Waals surface area contributed by atoms with Crippen molar-refractivity contribution in [1.82, 2.24) is 5.32 Å². The molecule has 2 unspecified atom stereocenters. The van der Waals surface area contributed by atoms with E-state index in [-0.39, 0.29) is 0 Å². The van der Waals surface area contributed by atoms with Gasteiger partial charge in [-0.3, -0.25) is 0 Å². The zero-order chi connectivity index (χ0) is 13.5. The molecule has 1 aliphatic rings. The van der Waals surface area contributed by atoms with E-state index in [0.717, 1.165) is 19.6 Å². The minimum absolute atomic E-state index is 0.475. The van der Waals surface area contributed by atoms with Gasteiger partial charge in [0.25, 0.3) is 0 Å². The van der Waals surface area contributed by atoms with Crippen LogP contribution in [0.5, 0.6) is 0 Å². The van der Waals surface area contributed by atoms with E-state index in [2.05, 4.69) is 49.5 Å². The van der Waals surface area contributed by atoms with Gasteiger partial charge >= 0.3 is 0 Å². The highest BCUT2D eigenvalue weighted by molar-refractivity contribution is 5.18. The zero-order valence-electron chi connectivity index (χ0n) is 12.3. The summed E-state index contributed by atoms with van der Waals surface area (Å²) in [7, 11) is 0. The third-order valence-electron chi connectivity index (χ3n) is 3.79. The second kappa shape index (κ2) is 7.66. The Morgan fingerprint density at radius 1 is 1.26 bits per heavy atom. The van der Waals surface area contributed by atoms with Crippen molar-refractivity contribution >= 4 is 0 Å². The summed E-state index contributed by atoms with van der Waals surface area (Å²) >= 11 is 0. The number of hydrogen-bond donors (Lipinski definition) is 1. The average Bonchev–Trinajstić information content (AvgIpc) is 2.91. The smallest absolute Gasteiger partial charge is 0.0588 e. The number of ether oxygens (including phenoxy) is 1. The van der Waals surface area contributed by atoms with Crippen molar-refractivity contribution in [3.05, 3.63) is 35.9 Å². The maximum absolute atomic E-state index is 5.68. The van der Waals surface area contributed by atoms with Crippen molar-refractivity contribution in [2.24, 2.45) is 5.92 Å². The first kappa shape index (κ1) is 14.5. The molecule has 0 aromatic heterocycles. The van der Waals surface area contributed by atoms with Crippen LogP contribution in [-0.2, 0) is 4.74 Å². The Kier molecular flexibility index (Phi) is 5.87. The van der Waals surface area contributed by atoms with Gasteiger partial charge < -0.3 is 10.1 Å². The molecule has 106 valence electrons. The van der Waals surface area contributed by atoms with Gasteiger partial charge in [0.15, 0.2) is 0 Å². The van der Waals surface area contributed by atoms with E-state index in [9.17, 15) is 0 Å². The maximum atomic E-state index is 5.68. The Morgan fingerprint density at radius 2 is 2.05 bits per heavy atom. The molecule has 1 N–H and O–H groups in total. The summed E-state index contributed by atoms with van der Waals surface area (Å²) in [6.07, 6.45) is 5.29. The third kappa shape index (κ3) is 4.96. The average molecular weight is 261 g/mol. The number of benzene rings is 1. The van der Waals surface area contributed by atoms with Crippen LogP contribution in [0.2, 0.25) is 0 Å². The highest BCUT2D eigenvalue weighted by Gasteiger charge is 2.17. The normalized spacial score (nSPS) is 20.9. The van der Waals surface area contributed by atoms with E-state index in [1.807, 2.05) is 0 Å². The minimum Gasteiger partial charge on any atom is -0.378 e. The highest BCUT2D eigenvalue weighted by atomic mass is 16.5. The Bertz CT molecular complexity index is 344. The molecule has 1 saturated heterocycles. The van der Waals surface area contributed by atoms with Crippen LogP contribution in [0.1, 0.15) is 51.1 Å². The lowest BCUT2D eigenvalue weighted by atomic mass is 9.97. The molecule has 1 aliphatic heterocycles. The SMILES string of the molecule is CC(C)CC(NCCC1CCCO1)c1ccccc1. The lowest BCUT2D eigenvalue weighted by molar-refractivity contribution is 0.103. The standard InChI is InChI=1S/C17H27NO/c1-14(2)13-17(15-7-4-3-5-8-15)18-11-10-16-9-6-12-19-16/h3-5,7-8,14,16-18H,6,9-13H2,1-2H3. The molecule has 19 heavy (non-hydrogen) atoms. The first-order valence-corrected chi connectivity index (χ1v) is 7.65. The fraction of sp³-hybridized carbons (Fsp3) is 0.647. The first-order chi connectivity index (χ1) is 9.25. The van der Waals surface area contributed by atoms with E-state index in [4.69, 9.17) is 4.74 Å². The van der Waals surface area contributed by atoms with Crippen LogP contribution < -0.4 is 5.32 Å². The third-order valence-corrected chi connectivity index (χ3v) is 3.79. The van der Waals surface area contributed by atoms with Crippen LogP contribution in [0.25, 0.3) is 0 Å². The summed E-state index contributed by atoms with van der Waals surface area (Å²) in [5, 5.41) is 3.71. The van der Waals surface area contributed by atoms with E-state index < -0.39 is 0 Å². The molecule has 1 aromatic carbocycles. The van der Waals surface area contributed by atoms with Gasteiger partial charge in [0, 0.05) is 12.6 Å². The molecule has 0 spiro atoms. The summed E-state index contributed by atoms with van der Waals surface area (Å²) in [5.74, 6) is 0.709. The van der Waals surface area contributed by atoms with Crippen molar-refractivity contribution in [3.8, 4) is 0 Å². The van der Waals surface area contributed by atoms with Gasteiger partial charge in [0.2, 0.25) is 0 Å². The summed E-state index contributed by atoms with van der Waals surface area (Å²) in [6.45, 7) is 6.59. The van der Waals surface area contributed by atoms with Crippen molar-refractivity contribution < 1.29 is 4.74 Å². The van der Waals surface area contributed by atoms with Gasteiger partial charge in [-0.15, -0.1) is 0 Å². The molecule has 0 bridgehead atoms. The summed E-state index contributed by atoms with van der Waals surface area (Å²) in [4.78, 5) is 0. The van der Waals surface area contributed by atoms with Gasteiger partial charge in [-0.05, 0) is 43.7 Å². The zero-order valence-corrected chi connectivity index (χ0v) is 12.3. The first-order valence-electron chi connectivity index (χ1n) is 7.65. The summed E-state index contributed by atoms with van der Waals surface area (Å²) < 4.78 is 5.68. The van der Waals surface area contributed by atoms with Crippen molar-refractivity contribution in [1.29, 1.82) is 0 Å². The number of rotatable bonds is 7.